The van der Waals surface area contributed by atoms with E-state index in [0.717, 1.165) is 11.1 Å². The topological polar surface area (TPSA) is 95.5 Å². The molecule has 7 heteroatoms. The monoisotopic (exact) mass is 314 g/mol. The number of hydrogen-bond donors (Lipinski definition) is 3. The van der Waals surface area contributed by atoms with Crippen LogP contribution in [0.3, 0.4) is 0 Å². The lowest BCUT2D eigenvalue weighted by atomic mass is 10.1. The number of aliphatic hydroxyl groups is 1. The second-order valence-corrected chi connectivity index (χ2v) is 6.73. The molecule has 21 heavy (non-hydrogen) atoms. The third-order valence-corrected chi connectivity index (χ3v) is 4.52. The molecule has 0 bridgehead atoms. The number of rotatable bonds is 8. The fourth-order valence-electron chi connectivity index (χ4n) is 1.83. The van der Waals surface area contributed by atoms with Crippen LogP contribution in [0.15, 0.2) is 24.3 Å². The number of aliphatic hydroxyl groups excluding tert-OH is 1. The minimum atomic E-state index is -3.41. The maximum absolute atomic E-state index is 11.9. The first-order valence-corrected chi connectivity index (χ1v) is 8.49. The SMILES string of the molecule is CCCS(=O)(=O)NC(C)C(=O)NCc1cccc(CO)c1. The lowest BCUT2D eigenvalue weighted by Gasteiger charge is -2.14. The Balaban J connectivity index is 2.53. The summed E-state index contributed by atoms with van der Waals surface area (Å²) in [6, 6.07) is 6.37. The van der Waals surface area contributed by atoms with Gasteiger partial charge >= 0.3 is 0 Å². The summed E-state index contributed by atoms with van der Waals surface area (Å²) in [7, 11) is -3.41. The average Bonchev–Trinajstić information content (AvgIpc) is 2.44. The largest absolute Gasteiger partial charge is 0.392 e. The van der Waals surface area contributed by atoms with E-state index in [2.05, 4.69) is 10.0 Å². The minimum absolute atomic E-state index is 0.00314. The number of amides is 1. The van der Waals surface area contributed by atoms with Crippen LogP contribution >= 0.6 is 0 Å². The smallest absolute Gasteiger partial charge is 0.238 e. The normalized spacial score (nSPS) is 12.9. The van der Waals surface area contributed by atoms with E-state index in [1.54, 1.807) is 25.1 Å². The molecule has 1 unspecified atom stereocenters. The zero-order valence-corrected chi connectivity index (χ0v) is 13.1. The van der Waals surface area contributed by atoms with E-state index in [4.69, 9.17) is 5.11 Å². The number of carbonyl (C=O) groups is 1. The highest BCUT2D eigenvalue weighted by Crippen LogP contribution is 2.05. The van der Waals surface area contributed by atoms with Crippen molar-refractivity contribution in [1.29, 1.82) is 0 Å². The highest BCUT2D eigenvalue weighted by Gasteiger charge is 2.19. The first-order valence-electron chi connectivity index (χ1n) is 6.84. The fraction of sp³-hybridized carbons (Fsp3) is 0.500. The Kier molecular flexibility index (Phi) is 6.80. The van der Waals surface area contributed by atoms with Crippen LogP contribution in [0.2, 0.25) is 0 Å². The predicted octanol–water partition coefficient (Wildman–Crippen LogP) is 0.513. The van der Waals surface area contributed by atoms with Crippen molar-refractivity contribution in [2.45, 2.75) is 39.5 Å². The molecule has 0 aliphatic heterocycles. The van der Waals surface area contributed by atoms with Crippen LogP contribution in [-0.4, -0.2) is 31.2 Å². The van der Waals surface area contributed by atoms with Crippen molar-refractivity contribution in [2.24, 2.45) is 0 Å². The zero-order valence-electron chi connectivity index (χ0n) is 12.3. The molecule has 1 rings (SSSR count). The van der Waals surface area contributed by atoms with E-state index in [9.17, 15) is 13.2 Å². The Labute approximate surface area is 125 Å². The Hall–Kier alpha value is -1.44. The molecular formula is C14H22N2O4S. The molecule has 0 radical (unpaired) electrons. The number of nitrogens with one attached hydrogen (secondary N) is 2. The fourth-order valence-corrected chi connectivity index (χ4v) is 3.13. The molecule has 3 N–H and O–H groups in total. The number of carbonyl (C=O) groups excluding carboxylic acids is 1. The molecule has 0 aliphatic rings. The zero-order chi connectivity index (χ0) is 15.9. The van der Waals surface area contributed by atoms with Crippen molar-refractivity contribution in [2.75, 3.05) is 5.75 Å². The second-order valence-electron chi connectivity index (χ2n) is 4.85. The Morgan fingerprint density at radius 2 is 2.00 bits per heavy atom. The van der Waals surface area contributed by atoms with Gasteiger partial charge in [-0.2, -0.15) is 0 Å². The van der Waals surface area contributed by atoms with Gasteiger partial charge in [0.15, 0.2) is 0 Å². The van der Waals surface area contributed by atoms with E-state index in [1.165, 1.54) is 6.92 Å². The Morgan fingerprint density at radius 1 is 1.33 bits per heavy atom. The van der Waals surface area contributed by atoms with Gasteiger partial charge in [-0.3, -0.25) is 4.79 Å². The highest BCUT2D eigenvalue weighted by atomic mass is 32.2. The van der Waals surface area contributed by atoms with Crippen LogP contribution in [0.25, 0.3) is 0 Å². The van der Waals surface area contributed by atoms with Gasteiger partial charge in [-0.15, -0.1) is 0 Å². The van der Waals surface area contributed by atoms with Gasteiger partial charge in [0.2, 0.25) is 15.9 Å². The van der Waals surface area contributed by atoms with Gasteiger partial charge in [-0.25, -0.2) is 13.1 Å². The molecule has 0 aliphatic carbocycles. The molecule has 1 aromatic carbocycles. The molecule has 0 saturated carbocycles. The molecule has 1 aromatic rings. The summed E-state index contributed by atoms with van der Waals surface area (Å²) in [6.07, 6.45) is 0.498. The molecule has 0 heterocycles. The van der Waals surface area contributed by atoms with Crippen LogP contribution < -0.4 is 10.0 Å². The van der Waals surface area contributed by atoms with Gasteiger partial charge in [0.05, 0.1) is 18.4 Å². The van der Waals surface area contributed by atoms with Crippen LogP contribution in [-0.2, 0) is 28.0 Å². The molecule has 0 aromatic heterocycles. The van der Waals surface area contributed by atoms with Gasteiger partial charge in [0.25, 0.3) is 0 Å². The quantitative estimate of drug-likeness (QED) is 0.651. The summed E-state index contributed by atoms with van der Waals surface area (Å²) < 4.78 is 25.5. The standard InChI is InChI=1S/C14H22N2O4S/c1-3-7-21(19,20)16-11(2)14(18)15-9-12-5-4-6-13(8-12)10-17/h4-6,8,11,16-17H,3,7,9-10H2,1-2H3,(H,15,18). The van der Waals surface area contributed by atoms with Crippen molar-refractivity contribution in [3.63, 3.8) is 0 Å². The van der Waals surface area contributed by atoms with E-state index < -0.39 is 16.1 Å². The number of benzene rings is 1. The van der Waals surface area contributed by atoms with Gasteiger partial charge < -0.3 is 10.4 Å². The van der Waals surface area contributed by atoms with Crippen LogP contribution in [0.5, 0.6) is 0 Å². The van der Waals surface area contributed by atoms with Crippen LogP contribution in [0.1, 0.15) is 31.4 Å². The van der Waals surface area contributed by atoms with E-state index in [-0.39, 0.29) is 24.8 Å². The third kappa shape index (κ3) is 6.24. The van der Waals surface area contributed by atoms with E-state index >= 15 is 0 Å². The summed E-state index contributed by atoms with van der Waals surface area (Å²) in [4.78, 5) is 11.9. The van der Waals surface area contributed by atoms with Gasteiger partial charge in [0, 0.05) is 6.54 Å². The van der Waals surface area contributed by atoms with Crippen LogP contribution in [0, 0.1) is 0 Å². The summed E-state index contributed by atoms with van der Waals surface area (Å²) in [5.74, 6) is -0.382. The van der Waals surface area contributed by atoms with Crippen molar-refractivity contribution in [1.82, 2.24) is 10.0 Å². The third-order valence-electron chi connectivity index (χ3n) is 2.86. The van der Waals surface area contributed by atoms with E-state index in [1.807, 2.05) is 6.07 Å². The maximum atomic E-state index is 11.9. The molecular weight excluding hydrogens is 292 g/mol. The predicted molar refractivity (Wildman–Crippen MR) is 80.9 cm³/mol. The molecule has 1 amide bonds. The summed E-state index contributed by atoms with van der Waals surface area (Å²) in [6.45, 7) is 3.49. The molecule has 1 atom stereocenters. The Morgan fingerprint density at radius 3 is 2.62 bits per heavy atom. The molecule has 0 spiro atoms. The summed E-state index contributed by atoms with van der Waals surface area (Å²) in [5, 5.41) is 11.7. The Bertz CT molecular complexity index is 572. The number of sulfonamides is 1. The minimum Gasteiger partial charge on any atom is -0.392 e. The average molecular weight is 314 g/mol. The molecule has 6 nitrogen and oxygen atoms in total. The summed E-state index contributed by atoms with van der Waals surface area (Å²) >= 11 is 0. The van der Waals surface area contributed by atoms with Crippen molar-refractivity contribution >= 4 is 15.9 Å². The van der Waals surface area contributed by atoms with Crippen molar-refractivity contribution in [3.8, 4) is 0 Å². The van der Waals surface area contributed by atoms with Gasteiger partial charge in [-0.05, 0) is 24.5 Å². The second kappa shape index (κ2) is 8.11. The highest BCUT2D eigenvalue weighted by molar-refractivity contribution is 7.89. The van der Waals surface area contributed by atoms with E-state index in [0.29, 0.717) is 6.42 Å². The lowest BCUT2D eigenvalue weighted by Crippen LogP contribution is -2.45. The van der Waals surface area contributed by atoms with Crippen molar-refractivity contribution in [3.05, 3.63) is 35.4 Å². The molecule has 0 saturated heterocycles. The van der Waals surface area contributed by atoms with Crippen molar-refractivity contribution < 1.29 is 18.3 Å². The first-order chi connectivity index (χ1) is 9.88. The summed E-state index contributed by atoms with van der Waals surface area (Å²) in [5.41, 5.74) is 1.61. The maximum Gasteiger partial charge on any atom is 0.238 e. The molecule has 118 valence electrons. The lowest BCUT2D eigenvalue weighted by molar-refractivity contribution is -0.122. The number of hydrogen-bond acceptors (Lipinski definition) is 4. The van der Waals surface area contributed by atoms with Gasteiger partial charge in [0.1, 0.15) is 0 Å². The first kappa shape index (κ1) is 17.6. The van der Waals surface area contributed by atoms with Crippen LogP contribution in [0.4, 0.5) is 0 Å². The molecule has 0 fully saturated rings. The van der Waals surface area contributed by atoms with Gasteiger partial charge in [-0.1, -0.05) is 31.2 Å².